The number of hydrogen-bond donors (Lipinski definition) is 0. The first kappa shape index (κ1) is 7.59. The van der Waals surface area contributed by atoms with Crippen molar-refractivity contribution in [3.63, 3.8) is 0 Å². The largest absolute Gasteiger partial charge is 0.371 e. The summed E-state index contributed by atoms with van der Waals surface area (Å²) in [5, 5.41) is 0. The van der Waals surface area contributed by atoms with Gasteiger partial charge >= 0.3 is 0 Å². The van der Waals surface area contributed by atoms with Crippen molar-refractivity contribution >= 4 is 5.69 Å². The second-order valence-electron chi connectivity index (χ2n) is 3.49. The maximum Gasteiger partial charge on any atom is 0.123 e. The summed E-state index contributed by atoms with van der Waals surface area (Å²) in [7, 11) is 0. The van der Waals surface area contributed by atoms with E-state index in [9.17, 15) is 4.39 Å². The Hall–Kier alpha value is -1.05. The normalized spacial score (nSPS) is 17.7. The van der Waals surface area contributed by atoms with Crippen LogP contribution in [0.4, 0.5) is 10.1 Å². The molecule has 1 aliphatic rings. The standard InChI is InChI=1S/C10H12FN/c1-8-6-12(7-8)10-4-2-9(11)3-5-10/h2-5,8H,6-7H2,1H3. The number of nitrogens with zero attached hydrogens (tertiary/aromatic N) is 1. The Labute approximate surface area is 71.8 Å². The third-order valence-electron chi connectivity index (χ3n) is 2.26. The number of halogens is 1. The van der Waals surface area contributed by atoms with E-state index in [0.717, 1.165) is 24.7 Å². The van der Waals surface area contributed by atoms with E-state index in [2.05, 4.69) is 11.8 Å². The summed E-state index contributed by atoms with van der Waals surface area (Å²) in [6.07, 6.45) is 0. The van der Waals surface area contributed by atoms with E-state index in [1.807, 2.05) is 12.1 Å². The van der Waals surface area contributed by atoms with Crippen LogP contribution in [0.25, 0.3) is 0 Å². The Kier molecular flexibility index (Phi) is 1.75. The molecule has 0 amide bonds. The molecule has 64 valence electrons. The van der Waals surface area contributed by atoms with E-state index in [-0.39, 0.29) is 5.82 Å². The van der Waals surface area contributed by atoms with Gasteiger partial charge in [0, 0.05) is 18.8 Å². The van der Waals surface area contributed by atoms with Crippen molar-refractivity contribution in [2.24, 2.45) is 5.92 Å². The van der Waals surface area contributed by atoms with Gasteiger partial charge in [-0.1, -0.05) is 6.92 Å². The molecule has 0 spiro atoms. The third kappa shape index (κ3) is 1.29. The average molecular weight is 165 g/mol. The number of benzene rings is 1. The van der Waals surface area contributed by atoms with E-state index in [4.69, 9.17) is 0 Å². The highest BCUT2D eigenvalue weighted by Crippen LogP contribution is 2.23. The highest BCUT2D eigenvalue weighted by atomic mass is 19.1. The predicted molar refractivity (Wildman–Crippen MR) is 47.8 cm³/mol. The van der Waals surface area contributed by atoms with Crippen LogP contribution in [-0.4, -0.2) is 13.1 Å². The summed E-state index contributed by atoms with van der Waals surface area (Å²) in [5.41, 5.74) is 1.13. The van der Waals surface area contributed by atoms with Crippen LogP contribution in [0.5, 0.6) is 0 Å². The molecule has 0 atom stereocenters. The smallest absolute Gasteiger partial charge is 0.123 e. The molecule has 1 fully saturated rings. The van der Waals surface area contributed by atoms with Gasteiger partial charge in [-0.25, -0.2) is 4.39 Å². The minimum atomic E-state index is -0.160. The summed E-state index contributed by atoms with van der Waals surface area (Å²) in [6.45, 7) is 4.43. The lowest BCUT2D eigenvalue weighted by Gasteiger charge is -2.39. The van der Waals surface area contributed by atoms with Gasteiger partial charge in [0.2, 0.25) is 0 Å². The second kappa shape index (κ2) is 2.77. The number of rotatable bonds is 1. The second-order valence-corrected chi connectivity index (χ2v) is 3.49. The summed E-state index contributed by atoms with van der Waals surface area (Å²) >= 11 is 0. The maximum absolute atomic E-state index is 12.5. The molecule has 0 unspecified atom stereocenters. The molecule has 1 aromatic rings. The minimum Gasteiger partial charge on any atom is -0.371 e. The Bertz CT molecular complexity index is 262. The Morgan fingerprint density at radius 2 is 1.83 bits per heavy atom. The van der Waals surface area contributed by atoms with Crippen molar-refractivity contribution in [1.29, 1.82) is 0 Å². The summed E-state index contributed by atoms with van der Waals surface area (Å²) in [4.78, 5) is 2.25. The summed E-state index contributed by atoms with van der Waals surface area (Å²) in [5.74, 6) is 0.627. The zero-order valence-corrected chi connectivity index (χ0v) is 7.13. The lowest BCUT2D eigenvalue weighted by atomic mass is 10.0. The van der Waals surface area contributed by atoms with Gasteiger partial charge in [0.15, 0.2) is 0 Å². The fraction of sp³-hybridized carbons (Fsp3) is 0.400. The van der Waals surface area contributed by atoms with E-state index >= 15 is 0 Å². The molecular weight excluding hydrogens is 153 g/mol. The molecule has 0 N–H and O–H groups in total. The lowest BCUT2D eigenvalue weighted by molar-refractivity contribution is 0.447. The molecule has 1 aliphatic heterocycles. The van der Waals surface area contributed by atoms with Gasteiger partial charge in [-0.15, -0.1) is 0 Å². The molecular formula is C10H12FN. The first-order chi connectivity index (χ1) is 5.75. The minimum absolute atomic E-state index is 0.160. The molecule has 0 aliphatic carbocycles. The Morgan fingerprint density at radius 3 is 2.33 bits per heavy atom. The van der Waals surface area contributed by atoms with E-state index in [1.165, 1.54) is 12.1 Å². The summed E-state index contributed by atoms with van der Waals surface area (Å²) in [6, 6.07) is 6.69. The molecule has 0 radical (unpaired) electrons. The highest BCUT2D eigenvalue weighted by Gasteiger charge is 2.22. The van der Waals surface area contributed by atoms with Gasteiger partial charge in [-0.05, 0) is 30.2 Å². The highest BCUT2D eigenvalue weighted by molar-refractivity contribution is 5.48. The predicted octanol–water partition coefficient (Wildman–Crippen LogP) is 2.28. The molecule has 2 heteroatoms. The first-order valence-electron chi connectivity index (χ1n) is 4.26. The topological polar surface area (TPSA) is 3.24 Å². The Balaban J connectivity index is 2.09. The molecule has 1 nitrogen and oxygen atoms in total. The van der Waals surface area contributed by atoms with Gasteiger partial charge in [-0.2, -0.15) is 0 Å². The molecule has 1 saturated heterocycles. The molecule has 12 heavy (non-hydrogen) atoms. The lowest BCUT2D eigenvalue weighted by Crippen LogP contribution is -2.45. The van der Waals surface area contributed by atoms with Gasteiger partial charge < -0.3 is 4.90 Å². The van der Waals surface area contributed by atoms with Crippen LogP contribution in [-0.2, 0) is 0 Å². The number of anilines is 1. The van der Waals surface area contributed by atoms with E-state index in [1.54, 1.807) is 0 Å². The summed E-state index contributed by atoms with van der Waals surface area (Å²) < 4.78 is 12.5. The van der Waals surface area contributed by atoms with E-state index in [0.29, 0.717) is 0 Å². The molecule has 0 bridgehead atoms. The quantitative estimate of drug-likeness (QED) is 0.617. The number of hydrogen-bond acceptors (Lipinski definition) is 1. The van der Waals surface area contributed by atoms with Crippen LogP contribution in [0.2, 0.25) is 0 Å². The SMILES string of the molecule is CC1CN(c2ccc(F)cc2)C1. The van der Waals surface area contributed by atoms with Crippen molar-refractivity contribution in [3.05, 3.63) is 30.1 Å². The fourth-order valence-corrected chi connectivity index (χ4v) is 1.56. The molecule has 1 aromatic carbocycles. The van der Waals surface area contributed by atoms with Crippen LogP contribution in [0.15, 0.2) is 24.3 Å². The van der Waals surface area contributed by atoms with Crippen LogP contribution < -0.4 is 4.90 Å². The first-order valence-corrected chi connectivity index (χ1v) is 4.26. The van der Waals surface area contributed by atoms with Crippen LogP contribution in [0.3, 0.4) is 0 Å². The van der Waals surface area contributed by atoms with Gasteiger partial charge in [0.1, 0.15) is 5.82 Å². The molecule has 2 rings (SSSR count). The van der Waals surface area contributed by atoms with Crippen molar-refractivity contribution in [2.45, 2.75) is 6.92 Å². The van der Waals surface area contributed by atoms with Crippen molar-refractivity contribution in [2.75, 3.05) is 18.0 Å². The average Bonchev–Trinajstić information content (AvgIpc) is 2.01. The van der Waals surface area contributed by atoms with Crippen LogP contribution in [0.1, 0.15) is 6.92 Å². The zero-order valence-electron chi connectivity index (χ0n) is 7.13. The van der Waals surface area contributed by atoms with Gasteiger partial charge in [0.25, 0.3) is 0 Å². The zero-order chi connectivity index (χ0) is 8.55. The molecule has 0 aromatic heterocycles. The Morgan fingerprint density at radius 1 is 1.25 bits per heavy atom. The van der Waals surface area contributed by atoms with Crippen LogP contribution >= 0.6 is 0 Å². The monoisotopic (exact) mass is 165 g/mol. The van der Waals surface area contributed by atoms with Crippen molar-refractivity contribution in [1.82, 2.24) is 0 Å². The molecule has 1 heterocycles. The maximum atomic E-state index is 12.5. The molecule has 0 saturated carbocycles. The van der Waals surface area contributed by atoms with Crippen molar-refractivity contribution in [3.8, 4) is 0 Å². The van der Waals surface area contributed by atoms with E-state index < -0.39 is 0 Å². The van der Waals surface area contributed by atoms with Gasteiger partial charge in [-0.3, -0.25) is 0 Å². The third-order valence-corrected chi connectivity index (χ3v) is 2.26. The van der Waals surface area contributed by atoms with Crippen LogP contribution in [0, 0.1) is 11.7 Å². The fourth-order valence-electron chi connectivity index (χ4n) is 1.56. The van der Waals surface area contributed by atoms with Gasteiger partial charge in [0.05, 0.1) is 0 Å². The van der Waals surface area contributed by atoms with Crippen molar-refractivity contribution < 1.29 is 4.39 Å².